The Kier molecular flexibility index (Phi) is 3.79. The predicted molar refractivity (Wildman–Crippen MR) is 79.1 cm³/mol. The fourth-order valence-electron chi connectivity index (χ4n) is 2.29. The number of aromatic amines is 1. The molecule has 4 heteroatoms. The van der Waals surface area contributed by atoms with Gasteiger partial charge in [0.25, 0.3) is 5.91 Å². The highest BCUT2D eigenvalue weighted by molar-refractivity contribution is 6.00. The van der Waals surface area contributed by atoms with Gasteiger partial charge in [-0.1, -0.05) is 32.9 Å². The van der Waals surface area contributed by atoms with Crippen molar-refractivity contribution in [3.63, 3.8) is 0 Å². The highest BCUT2D eigenvalue weighted by Crippen LogP contribution is 2.21. The van der Waals surface area contributed by atoms with Gasteiger partial charge in [0.05, 0.1) is 11.2 Å². The first kappa shape index (κ1) is 13.5. The van der Waals surface area contributed by atoms with Crippen LogP contribution in [0.25, 0.3) is 10.9 Å². The summed E-state index contributed by atoms with van der Waals surface area (Å²) in [5.41, 5.74) is 7.93. The van der Waals surface area contributed by atoms with Gasteiger partial charge in [0.2, 0.25) is 0 Å². The van der Waals surface area contributed by atoms with Crippen molar-refractivity contribution in [1.82, 2.24) is 10.3 Å². The molecule has 0 spiro atoms. The van der Waals surface area contributed by atoms with Crippen LogP contribution in [0.3, 0.4) is 0 Å². The Balaban J connectivity index is 2.24. The second-order valence-electron chi connectivity index (χ2n) is 5.23. The van der Waals surface area contributed by atoms with Gasteiger partial charge >= 0.3 is 0 Å². The molecule has 0 bridgehead atoms. The number of fused-ring (bicyclic) bond motifs is 1. The lowest BCUT2D eigenvalue weighted by Gasteiger charge is -2.20. The van der Waals surface area contributed by atoms with E-state index in [1.54, 1.807) is 0 Å². The maximum Gasteiger partial charge on any atom is 0.267 e. The first-order chi connectivity index (χ1) is 9.02. The number of carbonyl (C=O) groups is 1. The van der Waals surface area contributed by atoms with Crippen molar-refractivity contribution < 1.29 is 4.79 Å². The summed E-state index contributed by atoms with van der Waals surface area (Å²) < 4.78 is 0. The van der Waals surface area contributed by atoms with Crippen molar-refractivity contribution in [2.75, 3.05) is 5.73 Å². The van der Waals surface area contributed by atoms with E-state index in [1.807, 2.05) is 24.3 Å². The third-order valence-corrected chi connectivity index (χ3v) is 3.49. The van der Waals surface area contributed by atoms with Crippen molar-refractivity contribution >= 4 is 22.5 Å². The summed E-state index contributed by atoms with van der Waals surface area (Å²) in [6.45, 7) is 6.30. The van der Waals surface area contributed by atoms with Gasteiger partial charge in [0.1, 0.15) is 5.69 Å². The van der Waals surface area contributed by atoms with Crippen LogP contribution in [-0.4, -0.2) is 16.9 Å². The molecule has 1 heterocycles. The van der Waals surface area contributed by atoms with E-state index >= 15 is 0 Å². The van der Waals surface area contributed by atoms with E-state index in [-0.39, 0.29) is 11.9 Å². The van der Waals surface area contributed by atoms with Crippen LogP contribution >= 0.6 is 0 Å². The van der Waals surface area contributed by atoms with Gasteiger partial charge in [-0.15, -0.1) is 0 Å². The first-order valence-electron chi connectivity index (χ1n) is 6.71. The molecular formula is C15H21N3O. The van der Waals surface area contributed by atoms with Crippen molar-refractivity contribution in [1.29, 1.82) is 0 Å². The van der Waals surface area contributed by atoms with Crippen LogP contribution in [0, 0.1) is 5.92 Å². The largest absolute Gasteiger partial charge is 0.397 e. The number of carbonyl (C=O) groups excluding carboxylic acids is 1. The SMILES string of the molecule is CCC(NC(=O)c1cc2cccc(N)c2[nH]1)C(C)C. The topological polar surface area (TPSA) is 70.9 Å². The van der Waals surface area contributed by atoms with E-state index in [0.717, 1.165) is 17.3 Å². The lowest BCUT2D eigenvalue weighted by Crippen LogP contribution is -2.38. The molecule has 102 valence electrons. The number of anilines is 1. The van der Waals surface area contributed by atoms with E-state index in [4.69, 9.17) is 5.73 Å². The number of nitrogens with one attached hydrogen (secondary N) is 2. The Bertz CT molecular complexity index is 586. The molecular weight excluding hydrogens is 238 g/mol. The van der Waals surface area contributed by atoms with E-state index < -0.39 is 0 Å². The van der Waals surface area contributed by atoms with E-state index in [9.17, 15) is 4.79 Å². The molecule has 4 N–H and O–H groups in total. The van der Waals surface area contributed by atoms with Crippen LogP contribution in [0.4, 0.5) is 5.69 Å². The highest BCUT2D eigenvalue weighted by atomic mass is 16.1. The molecule has 1 aromatic heterocycles. The Morgan fingerprint density at radius 1 is 1.42 bits per heavy atom. The lowest BCUT2D eigenvalue weighted by molar-refractivity contribution is 0.0920. The number of hydrogen-bond acceptors (Lipinski definition) is 2. The molecule has 0 aliphatic carbocycles. The summed E-state index contributed by atoms with van der Waals surface area (Å²) in [6.07, 6.45) is 0.922. The predicted octanol–water partition coefficient (Wildman–Crippen LogP) is 2.91. The number of nitrogens with two attached hydrogens (primary N) is 1. The Morgan fingerprint density at radius 3 is 2.74 bits per heavy atom. The van der Waals surface area contributed by atoms with Crippen LogP contribution < -0.4 is 11.1 Å². The molecule has 1 atom stereocenters. The van der Waals surface area contributed by atoms with E-state index in [1.165, 1.54) is 0 Å². The summed E-state index contributed by atoms with van der Waals surface area (Å²) in [7, 11) is 0. The molecule has 0 aliphatic heterocycles. The van der Waals surface area contributed by atoms with Crippen molar-refractivity contribution in [3.05, 3.63) is 30.0 Å². The molecule has 1 amide bonds. The molecule has 0 aliphatic rings. The van der Waals surface area contributed by atoms with E-state index in [2.05, 4.69) is 31.1 Å². The zero-order valence-electron chi connectivity index (χ0n) is 11.7. The van der Waals surface area contributed by atoms with Gasteiger partial charge < -0.3 is 16.0 Å². The summed E-state index contributed by atoms with van der Waals surface area (Å²) in [6, 6.07) is 7.68. The van der Waals surface area contributed by atoms with Gasteiger partial charge in [-0.05, 0) is 24.5 Å². The molecule has 2 aromatic rings. The second-order valence-corrected chi connectivity index (χ2v) is 5.23. The number of nitrogen functional groups attached to an aromatic ring is 1. The number of hydrogen-bond donors (Lipinski definition) is 3. The molecule has 0 saturated heterocycles. The first-order valence-corrected chi connectivity index (χ1v) is 6.71. The quantitative estimate of drug-likeness (QED) is 0.739. The van der Waals surface area contributed by atoms with Crippen LogP contribution in [-0.2, 0) is 0 Å². The van der Waals surface area contributed by atoms with E-state index in [0.29, 0.717) is 17.3 Å². The molecule has 0 fully saturated rings. The average molecular weight is 259 g/mol. The molecule has 1 aromatic carbocycles. The van der Waals surface area contributed by atoms with Gasteiger partial charge in [-0.2, -0.15) is 0 Å². The molecule has 4 nitrogen and oxygen atoms in total. The maximum atomic E-state index is 12.2. The fraction of sp³-hybridized carbons (Fsp3) is 0.400. The standard InChI is InChI=1S/C15H21N3O/c1-4-12(9(2)3)18-15(19)13-8-10-6-5-7-11(16)14(10)17-13/h5-9,12,17H,4,16H2,1-3H3,(H,18,19). The zero-order chi connectivity index (χ0) is 14.0. The van der Waals surface area contributed by atoms with Crippen LogP contribution in [0.2, 0.25) is 0 Å². The van der Waals surface area contributed by atoms with Crippen molar-refractivity contribution in [2.45, 2.75) is 33.2 Å². The Labute approximate surface area is 113 Å². The smallest absolute Gasteiger partial charge is 0.267 e. The third-order valence-electron chi connectivity index (χ3n) is 3.49. The lowest BCUT2D eigenvalue weighted by atomic mass is 10.0. The molecule has 0 radical (unpaired) electrons. The van der Waals surface area contributed by atoms with Gasteiger partial charge in [-0.3, -0.25) is 4.79 Å². The molecule has 0 saturated carbocycles. The Morgan fingerprint density at radius 2 is 2.16 bits per heavy atom. The average Bonchev–Trinajstić information content (AvgIpc) is 2.80. The number of rotatable bonds is 4. The summed E-state index contributed by atoms with van der Waals surface area (Å²) >= 11 is 0. The van der Waals surface area contributed by atoms with Crippen molar-refractivity contribution in [2.24, 2.45) is 5.92 Å². The number of aromatic nitrogens is 1. The summed E-state index contributed by atoms with van der Waals surface area (Å²) in [5.74, 6) is 0.347. The van der Waals surface area contributed by atoms with Crippen LogP contribution in [0.15, 0.2) is 24.3 Å². The molecule has 2 rings (SSSR count). The Hall–Kier alpha value is -1.97. The molecule has 1 unspecified atom stereocenters. The van der Waals surface area contributed by atoms with Crippen LogP contribution in [0.5, 0.6) is 0 Å². The summed E-state index contributed by atoms with van der Waals surface area (Å²) in [5, 5.41) is 4.01. The minimum atomic E-state index is -0.0730. The molecule has 19 heavy (non-hydrogen) atoms. The highest BCUT2D eigenvalue weighted by Gasteiger charge is 2.17. The van der Waals surface area contributed by atoms with Gasteiger partial charge in [-0.25, -0.2) is 0 Å². The van der Waals surface area contributed by atoms with Gasteiger partial charge in [0, 0.05) is 11.4 Å². The number of H-pyrrole nitrogens is 1. The van der Waals surface area contributed by atoms with Crippen molar-refractivity contribution in [3.8, 4) is 0 Å². The number of amides is 1. The maximum absolute atomic E-state index is 12.2. The normalized spacial score (nSPS) is 12.8. The second kappa shape index (κ2) is 5.34. The fourth-order valence-corrected chi connectivity index (χ4v) is 2.29. The number of benzene rings is 1. The van der Waals surface area contributed by atoms with Crippen LogP contribution in [0.1, 0.15) is 37.7 Å². The number of para-hydroxylation sites is 1. The van der Waals surface area contributed by atoms with Gasteiger partial charge in [0.15, 0.2) is 0 Å². The third kappa shape index (κ3) is 2.72. The zero-order valence-corrected chi connectivity index (χ0v) is 11.7. The monoisotopic (exact) mass is 259 g/mol. The minimum absolute atomic E-state index is 0.0730. The minimum Gasteiger partial charge on any atom is -0.397 e. The summed E-state index contributed by atoms with van der Waals surface area (Å²) in [4.78, 5) is 15.3.